The molecule has 1 aromatic carbocycles. The molecule has 0 fully saturated rings. The summed E-state index contributed by atoms with van der Waals surface area (Å²) in [6, 6.07) is 6.12. The van der Waals surface area contributed by atoms with Gasteiger partial charge in [0.25, 0.3) is 5.69 Å². The highest BCUT2D eigenvalue weighted by molar-refractivity contribution is 7.82. The van der Waals surface area contributed by atoms with Crippen molar-refractivity contribution in [3.8, 4) is 0 Å². The number of unbranched alkanes of at least 4 members (excludes halogenated alkanes) is 5. The van der Waals surface area contributed by atoms with E-state index in [4.69, 9.17) is 9.47 Å². The molecule has 1 unspecified atom stereocenters. The average Bonchev–Trinajstić information content (AvgIpc) is 2.81. The van der Waals surface area contributed by atoms with E-state index >= 15 is 0 Å². The third-order valence-corrected chi connectivity index (χ3v) is 6.80. The van der Waals surface area contributed by atoms with E-state index in [0.717, 1.165) is 44.9 Å². The van der Waals surface area contributed by atoms with Gasteiger partial charge in [-0.3, -0.25) is 10.1 Å². The lowest BCUT2D eigenvalue weighted by Gasteiger charge is -2.21. The third kappa shape index (κ3) is 16.1. The van der Waals surface area contributed by atoms with E-state index < -0.39 is 39.3 Å². The molecule has 0 aliphatic heterocycles. The number of amides is 2. The molecule has 0 spiro atoms. The number of rotatable bonds is 16. The molecule has 12 heteroatoms. The van der Waals surface area contributed by atoms with Crippen LogP contribution in [0.15, 0.2) is 29.2 Å². The molecule has 2 amide bonds. The van der Waals surface area contributed by atoms with E-state index in [2.05, 4.69) is 10.6 Å². The van der Waals surface area contributed by atoms with Crippen molar-refractivity contribution in [2.24, 2.45) is 0 Å². The van der Waals surface area contributed by atoms with Crippen LogP contribution in [0, 0.1) is 10.1 Å². The highest BCUT2D eigenvalue weighted by Gasteiger charge is 2.23. The van der Waals surface area contributed by atoms with Crippen LogP contribution in [0.2, 0.25) is 0 Å². The number of ether oxygens (including phenoxy) is 2. The highest BCUT2D eigenvalue weighted by atomic mass is 32.2. The molecule has 0 aromatic heterocycles. The topological polar surface area (TPSA) is 140 Å². The predicted molar refractivity (Wildman–Crippen MR) is 152 cm³/mol. The normalized spacial score (nSPS) is 12.6. The van der Waals surface area contributed by atoms with Gasteiger partial charge in [0.15, 0.2) is 0 Å². The molecular weight excluding hydrogens is 524 g/mol. The minimum atomic E-state index is -1.68. The molecule has 222 valence electrons. The second kappa shape index (κ2) is 17.1. The number of nitro benzene ring substituents is 1. The van der Waals surface area contributed by atoms with Gasteiger partial charge in [0, 0.05) is 32.2 Å². The Morgan fingerprint density at radius 2 is 1.26 bits per heavy atom. The van der Waals surface area contributed by atoms with E-state index in [9.17, 15) is 23.9 Å². The Kier molecular flexibility index (Phi) is 15.0. The lowest BCUT2D eigenvalue weighted by Crippen LogP contribution is -2.33. The first kappa shape index (κ1) is 34.3. The molecule has 39 heavy (non-hydrogen) atoms. The first-order valence-corrected chi connectivity index (χ1v) is 14.6. The number of hydrogen-bond donors (Lipinski definition) is 2. The molecule has 1 aromatic rings. The first-order valence-electron chi connectivity index (χ1n) is 13.5. The predicted octanol–water partition coefficient (Wildman–Crippen LogP) is 5.70. The maximum atomic E-state index is 13.4. The second-order valence-electron chi connectivity index (χ2n) is 11.2. The van der Waals surface area contributed by atoms with Gasteiger partial charge in [0.1, 0.15) is 27.1 Å². The number of benzene rings is 1. The second-order valence-corrected chi connectivity index (χ2v) is 12.7. The van der Waals surface area contributed by atoms with Gasteiger partial charge in [0.05, 0.1) is 4.92 Å². The lowest BCUT2D eigenvalue weighted by atomic mass is 10.2. The van der Waals surface area contributed by atoms with Crippen LogP contribution in [0.5, 0.6) is 0 Å². The largest absolute Gasteiger partial charge is 0.444 e. The van der Waals surface area contributed by atoms with Crippen LogP contribution in [0.1, 0.15) is 86.5 Å². The van der Waals surface area contributed by atoms with Crippen LogP contribution < -0.4 is 10.6 Å². The summed E-state index contributed by atoms with van der Waals surface area (Å²) in [4.78, 5) is 34.7. The van der Waals surface area contributed by atoms with Gasteiger partial charge >= 0.3 is 12.2 Å². The smallest absolute Gasteiger partial charge is 0.407 e. The van der Waals surface area contributed by atoms with Gasteiger partial charge < -0.3 is 20.1 Å². The Balaban J connectivity index is 2.55. The minimum Gasteiger partial charge on any atom is -0.444 e. The van der Waals surface area contributed by atoms with Crippen molar-refractivity contribution >= 4 is 28.9 Å². The van der Waals surface area contributed by atoms with Crippen molar-refractivity contribution in [2.45, 2.75) is 103 Å². The zero-order valence-corrected chi connectivity index (χ0v) is 25.1. The summed E-state index contributed by atoms with van der Waals surface area (Å²) < 4.78 is 25.6. The summed E-state index contributed by atoms with van der Waals surface area (Å²) in [5.74, 6) is 0. The molecule has 1 rings (SSSR count). The maximum absolute atomic E-state index is 13.4. The summed E-state index contributed by atoms with van der Waals surface area (Å²) in [5, 5.41) is 16.9. The average molecular weight is 571 g/mol. The van der Waals surface area contributed by atoms with E-state index in [0.29, 0.717) is 26.2 Å². The van der Waals surface area contributed by atoms with Gasteiger partial charge in [-0.25, -0.2) is 18.1 Å². The van der Waals surface area contributed by atoms with Crippen LogP contribution in [0.3, 0.4) is 0 Å². The number of nitrogens with zero attached hydrogens (tertiary/aromatic N) is 2. The highest BCUT2D eigenvalue weighted by Crippen LogP contribution is 2.24. The fraction of sp³-hybridized carbons (Fsp3) is 0.704. The summed E-state index contributed by atoms with van der Waals surface area (Å²) >= 11 is 0. The van der Waals surface area contributed by atoms with Gasteiger partial charge in [-0.1, -0.05) is 31.4 Å². The summed E-state index contributed by atoms with van der Waals surface area (Å²) in [6.45, 7) is 12.9. The quantitative estimate of drug-likeness (QED) is 0.148. The zero-order chi connectivity index (χ0) is 29.5. The molecule has 0 radical (unpaired) electrons. The summed E-state index contributed by atoms with van der Waals surface area (Å²) in [6.07, 6.45) is 4.64. The number of nitro groups is 1. The molecular formula is C27H46N4O7S. The molecule has 0 saturated carbocycles. The van der Waals surface area contributed by atoms with Gasteiger partial charge in [0.2, 0.25) is 0 Å². The van der Waals surface area contributed by atoms with Crippen LogP contribution in [-0.4, -0.2) is 63.0 Å². The standard InChI is InChI=1S/C27H46N4O7S/c1-26(2,3)37-24(32)28-18-12-7-8-14-20-30(39(36)23-17-11-10-16-22(23)31(34)35)21-15-9-13-19-29-25(33)38-27(4,5)6/h10-11,16-17H,7-9,12-15,18-21H2,1-6H3,(H,28,32)(H,29,33). The number of hydrogen-bond acceptors (Lipinski definition) is 7. The Hall–Kier alpha value is -2.73. The van der Waals surface area contributed by atoms with Gasteiger partial charge in [-0.2, -0.15) is 0 Å². The molecule has 0 aliphatic carbocycles. The van der Waals surface area contributed by atoms with E-state index in [-0.39, 0.29) is 10.6 Å². The minimum absolute atomic E-state index is 0.157. The first-order chi connectivity index (χ1) is 18.2. The van der Waals surface area contributed by atoms with Crippen LogP contribution in [0.25, 0.3) is 0 Å². The Bertz CT molecular complexity index is 945. The van der Waals surface area contributed by atoms with Crippen LogP contribution >= 0.6 is 0 Å². The van der Waals surface area contributed by atoms with Crippen molar-refractivity contribution in [1.29, 1.82) is 0 Å². The monoisotopic (exact) mass is 570 g/mol. The Labute approximate surface area is 235 Å². The maximum Gasteiger partial charge on any atom is 0.407 e. The fourth-order valence-electron chi connectivity index (χ4n) is 3.54. The SMILES string of the molecule is CC(C)(C)OC(=O)NCCCCCCN(CCCCCNC(=O)OC(C)(C)C)S(=O)c1ccccc1[N+](=O)[O-]. The lowest BCUT2D eigenvalue weighted by molar-refractivity contribution is -0.387. The third-order valence-electron chi connectivity index (χ3n) is 5.24. The summed E-state index contributed by atoms with van der Waals surface area (Å²) in [5.41, 5.74) is -1.25. The van der Waals surface area contributed by atoms with Crippen molar-refractivity contribution in [3.63, 3.8) is 0 Å². The van der Waals surface area contributed by atoms with Gasteiger partial charge in [-0.05, 0) is 73.3 Å². The fourth-order valence-corrected chi connectivity index (χ4v) is 4.92. The zero-order valence-electron chi connectivity index (χ0n) is 24.2. The van der Waals surface area contributed by atoms with E-state index in [1.54, 1.807) is 37.2 Å². The summed E-state index contributed by atoms with van der Waals surface area (Å²) in [7, 11) is -1.68. The molecule has 2 N–H and O–H groups in total. The molecule has 0 saturated heterocycles. The van der Waals surface area contributed by atoms with Gasteiger partial charge in [-0.15, -0.1) is 0 Å². The molecule has 0 aliphatic rings. The number of para-hydroxylation sites is 1. The van der Waals surface area contributed by atoms with Crippen molar-refractivity contribution in [3.05, 3.63) is 34.4 Å². The van der Waals surface area contributed by atoms with E-state index in [1.807, 2.05) is 20.8 Å². The van der Waals surface area contributed by atoms with Crippen molar-refractivity contribution < 1.29 is 28.2 Å². The Morgan fingerprint density at radius 1 is 0.821 bits per heavy atom. The molecule has 11 nitrogen and oxygen atoms in total. The number of nitrogens with one attached hydrogen (secondary N) is 2. The number of alkyl carbamates (subject to hydrolysis) is 2. The molecule has 1 atom stereocenters. The van der Waals surface area contributed by atoms with Crippen LogP contribution in [-0.2, 0) is 20.5 Å². The number of carbonyl (C=O) groups is 2. The Morgan fingerprint density at radius 3 is 1.72 bits per heavy atom. The van der Waals surface area contributed by atoms with E-state index in [1.165, 1.54) is 12.1 Å². The number of carbonyl (C=O) groups excluding carboxylic acids is 2. The molecule has 0 heterocycles. The molecule has 0 bridgehead atoms. The van der Waals surface area contributed by atoms with Crippen molar-refractivity contribution in [1.82, 2.24) is 14.9 Å². The van der Waals surface area contributed by atoms with Crippen molar-refractivity contribution in [2.75, 3.05) is 26.2 Å². The van der Waals surface area contributed by atoms with Crippen LogP contribution in [0.4, 0.5) is 15.3 Å².